The molecule has 1 aliphatic heterocycles. The molecule has 0 fully saturated rings. The fraction of sp³-hybridized carbons (Fsp3) is 0.591. The zero-order valence-corrected chi connectivity index (χ0v) is 23.7. The number of amides is 5. The molecule has 0 saturated heterocycles. The van der Waals surface area contributed by atoms with E-state index >= 15 is 0 Å². The highest BCUT2D eigenvalue weighted by Gasteiger charge is 2.36. The van der Waals surface area contributed by atoms with Gasteiger partial charge in [0.1, 0.15) is 12.1 Å². The second-order valence-electron chi connectivity index (χ2n) is 8.29. The zero-order valence-electron chi connectivity index (χ0n) is 21.3. The van der Waals surface area contributed by atoms with Gasteiger partial charge >= 0.3 is 5.97 Å². The van der Waals surface area contributed by atoms with Gasteiger partial charge in [-0.2, -0.15) is 0 Å². The van der Waals surface area contributed by atoms with Crippen LogP contribution in [0.15, 0.2) is 12.2 Å². The molecule has 3 atom stereocenters. The van der Waals surface area contributed by atoms with Crippen LogP contribution in [0.4, 0.5) is 0 Å². The Morgan fingerprint density at radius 3 is 2.16 bits per heavy atom. The molecule has 1 aliphatic rings. The summed E-state index contributed by atoms with van der Waals surface area (Å²) in [6.07, 6.45) is 1.45. The number of hydrogen-bond donors (Lipinski definition) is 5. The third kappa shape index (κ3) is 11.9. The van der Waals surface area contributed by atoms with Crippen molar-refractivity contribution < 1.29 is 38.7 Å². The third-order valence-electron chi connectivity index (χ3n) is 4.82. The van der Waals surface area contributed by atoms with Gasteiger partial charge in [-0.25, -0.2) is 4.79 Å². The maximum Gasteiger partial charge on any atom is 0.327 e. The molecule has 0 aromatic rings. The number of rotatable bonds is 18. The van der Waals surface area contributed by atoms with Crippen molar-refractivity contribution in [3.8, 4) is 0 Å². The van der Waals surface area contributed by atoms with E-state index in [0.717, 1.165) is 28.8 Å². The van der Waals surface area contributed by atoms with Gasteiger partial charge in [0.25, 0.3) is 11.8 Å². The Hall–Kier alpha value is -2.56. The number of aliphatic carboxylic acids is 1. The van der Waals surface area contributed by atoms with E-state index in [-0.39, 0.29) is 47.9 Å². The Morgan fingerprint density at radius 2 is 1.63 bits per heavy atom. The minimum atomic E-state index is -1.31. The number of hydrogen-bond acceptors (Lipinski definition) is 11. The predicted molar refractivity (Wildman–Crippen MR) is 146 cm³/mol. The Balaban J connectivity index is 2.77. The Labute approximate surface area is 232 Å². The predicted octanol–water partition coefficient (Wildman–Crippen LogP) is -0.741. The number of carboxylic acid groups (broad SMARTS) is 1. The van der Waals surface area contributed by atoms with Gasteiger partial charge in [0, 0.05) is 55.2 Å². The average Bonchev–Trinajstić information content (AvgIpc) is 3.16. The number of thioether (sulfide) groups is 1. The topological polar surface area (TPSA) is 205 Å². The maximum atomic E-state index is 12.9. The number of nitrogens with one attached hydrogen (secondary N) is 3. The minimum absolute atomic E-state index is 0.000320. The molecule has 0 radical (unpaired) electrons. The number of carbonyl (C=O) groups excluding carboxylic acids is 6. The van der Waals surface area contributed by atoms with E-state index in [0.29, 0.717) is 0 Å². The standard InChI is InChI=1S/C22H33N5O8S3/c1-12(2)38-37-10-14(26-21(33)16(8-23)27-19(31)6-7-20(27)32)17(29)4-5-18(30)25-15(22(34)35)9-36-11-24-13(3)28/h6-7,12,14-16H,4-5,8-11,23H2,1-3H3,(H,24,28)(H,25,30)(H,26,33)(H,34,35)/t14-,15-,16-/m0/s1. The molecule has 38 heavy (non-hydrogen) atoms. The van der Waals surface area contributed by atoms with Crippen LogP contribution < -0.4 is 21.7 Å². The molecule has 0 saturated carbocycles. The molecular formula is C22H33N5O8S3. The van der Waals surface area contributed by atoms with E-state index in [2.05, 4.69) is 16.0 Å². The van der Waals surface area contributed by atoms with Crippen LogP contribution in [0.2, 0.25) is 0 Å². The summed E-state index contributed by atoms with van der Waals surface area (Å²) in [5.74, 6) is -4.50. The number of Topliss-reactive ketones (excluding diaryl/α,β-unsaturated/α-hetero) is 1. The summed E-state index contributed by atoms with van der Waals surface area (Å²) >= 11 is 1.11. The molecule has 0 aromatic heterocycles. The van der Waals surface area contributed by atoms with Crippen molar-refractivity contribution in [3.63, 3.8) is 0 Å². The molecule has 16 heteroatoms. The van der Waals surface area contributed by atoms with Gasteiger partial charge in [-0.3, -0.25) is 33.7 Å². The van der Waals surface area contributed by atoms with Gasteiger partial charge in [0.2, 0.25) is 17.7 Å². The first-order valence-electron chi connectivity index (χ1n) is 11.6. The van der Waals surface area contributed by atoms with Crippen molar-refractivity contribution in [1.82, 2.24) is 20.9 Å². The van der Waals surface area contributed by atoms with Crippen molar-refractivity contribution in [2.24, 2.45) is 5.73 Å². The highest BCUT2D eigenvalue weighted by molar-refractivity contribution is 8.76. The summed E-state index contributed by atoms with van der Waals surface area (Å²) in [4.78, 5) is 85.2. The number of imide groups is 1. The lowest BCUT2D eigenvalue weighted by Gasteiger charge is -2.26. The second-order valence-corrected chi connectivity index (χ2v) is 12.3. The van der Waals surface area contributed by atoms with Gasteiger partial charge < -0.3 is 26.8 Å². The van der Waals surface area contributed by atoms with Gasteiger partial charge in [-0.15, -0.1) is 11.8 Å². The van der Waals surface area contributed by atoms with Crippen LogP contribution in [0, 0.1) is 0 Å². The van der Waals surface area contributed by atoms with Crippen LogP contribution in [-0.4, -0.2) is 98.6 Å². The van der Waals surface area contributed by atoms with Crippen molar-refractivity contribution >= 4 is 74.6 Å². The summed E-state index contributed by atoms with van der Waals surface area (Å²) in [5, 5.41) is 17.0. The lowest BCUT2D eigenvalue weighted by atomic mass is 10.1. The first-order valence-corrected chi connectivity index (χ1v) is 15.1. The number of ketones is 1. The summed E-state index contributed by atoms with van der Waals surface area (Å²) < 4.78 is 0. The van der Waals surface area contributed by atoms with E-state index in [1.807, 2.05) is 13.8 Å². The second kappa shape index (κ2) is 17.1. The molecule has 0 unspecified atom stereocenters. The molecule has 1 rings (SSSR count). The first kappa shape index (κ1) is 33.5. The zero-order chi connectivity index (χ0) is 28.8. The van der Waals surface area contributed by atoms with Crippen LogP contribution in [-0.2, 0) is 33.6 Å². The maximum absolute atomic E-state index is 12.9. The van der Waals surface area contributed by atoms with Gasteiger partial charge in [0.05, 0.1) is 11.9 Å². The monoisotopic (exact) mass is 591 g/mol. The largest absolute Gasteiger partial charge is 0.480 e. The Bertz CT molecular complexity index is 928. The van der Waals surface area contributed by atoms with Gasteiger partial charge in [-0.1, -0.05) is 35.4 Å². The molecule has 0 aliphatic carbocycles. The van der Waals surface area contributed by atoms with Gasteiger partial charge in [0.15, 0.2) is 5.78 Å². The van der Waals surface area contributed by atoms with Crippen LogP contribution in [0.25, 0.3) is 0 Å². The Kier molecular flexibility index (Phi) is 15.1. The van der Waals surface area contributed by atoms with Crippen molar-refractivity contribution in [3.05, 3.63) is 12.2 Å². The van der Waals surface area contributed by atoms with E-state index < -0.39 is 53.5 Å². The quantitative estimate of drug-likeness (QED) is 0.0578. The fourth-order valence-electron chi connectivity index (χ4n) is 2.96. The molecule has 0 aromatic carbocycles. The van der Waals surface area contributed by atoms with Crippen molar-refractivity contribution in [2.45, 2.75) is 57.0 Å². The molecule has 5 amide bonds. The number of nitrogens with two attached hydrogens (primary N) is 1. The minimum Gasteiger partial charge on any atom is -0.480 e. The normalized spacial score (nSPS) is 15.2. The smallest absolute Gasteiger partial charge is 0.327 e. The molecule has 212 valence electrons. The molecular weight excluding hydrogens is 558 g/mol. The van der Waals surface area contributed by atoms with Crippen LogP contribution >= 0.6 is 33.3 Å². The van der Waals surface area contributed by atoms with Crippen LogP contribution in [0.3, 0.4) is 0 Å². The molecule has 6 N–H and O–H groups in total. The summed E-state index contributed by atoms with van der Waals surface area (Å²) in [7, 11) is 2.81. The lowest BCUT2D eigenvalue weighted by Crippen LogP contribution is -2.56. The summed E-state index contributed by atoms with van der Waals surface area (Å²) in [5.41, 5.74) is 5.64. The van der Waals surface area contributed by atoms with E-state index in [4.69, 9.17) is 5.73 Å². The van der Waals surface area contributed by atoms with Crippen molar-refractivity contribution in [2.75, 3.05) is 23.9 Å². The molecule has 1 heterocycles. The number of carboxylic acids is 1. The number of carbonyl (C=O) groups is 7. The lowest BCUT2D eigenvalue weighted by molar-refractivity contribution is -0.145. The third-order valence-corrected chi connectivity index (χ3v) is 8.70. The van der Waals surface area contributed by atoms with Crippen LogP contribution in [0.1, 0.15) is 33.6 Å². The van der Waals surface area contributed by atoms with E-state index in [1.54, 1.807) is 0 Å². The van der Waals surface area contributed by atoms with Gasteiger partial charge in [-0.05, 0) is 0 Å². The van der Waals surface area contributed by atoms with E-state index in [1.165, 1.54) is 28.5 Å². The van der Waals surface area contributed by atoms with E-state index in [9.17, 15) is 38.7 Å². The summed E-state index contributed by atoms with van der Waals surface area (Å²) in [6.45, 7) is 4.88. The number of nitrogens with zero attached hydrogens (tertiary/aromatic N) is 1. The average molecular weight is 592 g/mol. The SMILES string of the molecule is CC(=O)NCSC[C@H](NC(=O)CCC(=O)[C@H](CSSC(C)C)NC(=O)[C@H](CN)N1C(=O)C=CC1=O)C(=O)O. The molecule has 0 spiro atoms. The molecule has 13 nitrogen and oxygen atoms in total. The summed E-state index contributed by atoms with van der Waals surface area (Å²) in [6, 6.07) is -3.57. The first-order chi connectivity index (χ1) is 17.9. The fourth-order valence-corrected chi connectivity index (χ4v) is 6.06. The molecule has 0 bridgehead atoms. The van der Waals surface area contributed by atoms with Crippen molar-refractivity contribution in [1.29, 1.82) is 0 Å². The Morgan fingerprint density at radius 1 is 1.00 bits per heavy atom. The highest BCUT2D eigenvalue weighted by atomic mass is 33.1. The van der Waals surface area contributed by atoms with Crippen LogP contribution in [0.5, 0.6) is 0 Å². The highest BCUT2D eigenvalue weighted by Crippen LogP contribution is 2.27.